The standard InChI is InChI=1S/C16H28N4O2.2C2HF3O2/c1-19(11-2-3-12-20-13-4-5-14-20)16(22)7-6-10-18-15(21)8-9-17;2*3-2(4,5)1(6)7/h4-14,17H2,1H3,(H,18,21);2*(H,6,7). The SMILES string of the molecule is CN(CC#CCN1CCCC1)C(=O)CCCNC(=O)CCN.O=C(O)C(F)(F)F.O=C(O)C(F)(F)F. The van der Waals surface area contributed by atoms with Gasteiger partial charge in [-0.2, -0.15) is 26.3 Å². The van der Waals surface area contributed by atoms with Gasteiger partial charge in [-0.25, -0.2) is 9.59 Å². The van der Waals surface area contributed by atoms with E-state index in [-0.39, 0.29) is 11.8 Å². The van der Waals surface area contributed by atoms with Crippen LogP contribution in [0.4, 0.5) is 26.3 Å². The molecule has 0 aromatic heterocycles. The Hall–Kier alpha value is -3.06. The van der Waals surface area contributed by atoms with Gasteiger partial charge < -0.3 is 26.2 Å². The first kappa shape index (κ1) is 35.1. The number of hydrogen-bond acceptors (Lipinski definition) is 6. The van der Waals surface area contributed by atoms with E-state index in [2.05, 4.69) is 22.1 Å². The van der Waals surface area contributed by atoms with E-state index >= 15 is 0 Å². The predicted molar refractivity (Wildman–Crippen MR) is 114 cm³/mol. The van der Waals surface area contributed by atoms with Crippen molar-refractivity contribution < 1.29 is 55.7 Å². The third-order valence-electron chi connectivity index (χ3n) is 4.11. The van der Waals surface area contributed by atoms with Crippen molar-refractivity contribution in [3.8, 4) is 11.8 Å². The second kappa shape index (κ2) is 18.2. The van der Waals surface area contributed by atoms with Crippen molar-refractivity contribution in [3.05, 3.63) is 0 Å². The highest BCUT2D eigenvalue weighted by molar-refractivity contribution is 5.77. The van der Waals surface area contributed by atoms with Crippen LogP contribution in [0.1, 0.15) is 32.1 Å². The molecule has 10 nitrogen and oxygen atoms in total. The van der Waals surface area contributed by atoms with Crippen molar-refractivity contribution in [2.75, 3.05) is 46.3 Å². The molecule has 1 aliphatic heterocycles. The molecule has 36 heavy (non-hydrogen) atoms. The highest BCUT2D eigenvalue weighted by Crippen LogP contribution is 2.13. The van der Waals surface area contributed by atoms with E-state index in [0.29, 0.717) is 38.9 Å². The molecular weight excluding hydrogens is 506 g/mol. The third kappa shape index (κ3) is 20.3. The number of aliphatic carboxylic acids is 2. The molecule has 0 aliphatic carbocycles. The van der Waals surface area contributed by atoms with Crippen LogP contribution in [0.3, 0.4) is 0 Å². The first-order valence-corrected chi connectivity index (χ1v) is 10.5. The number of rotatable bonds is 8. The molecule has 1 aliphatic rings. The smallest absolute Gasteiger partial charge is 0.475 e. The fraction of sp³-hybridized carbons (Fsp3) is 0.700. The molecule has 0 radical (unpaired) electrons. The number of nitrogens with zero attached hydrogens (tertiary/aromatic N) is 2. The Bertz CT molecular complexity index is 735. The lowest BCUT2D eigenvalue weighted by Crippen LogP contribution is -2.30. The summed E-state index contributed by atoms with van der Waals surface area (Å²) in [5, 5.41) is 17.0. The fourth-order valence-electron chi connectivity index (χ4n) is 2.25. The maximum Gasteiger partial charge on any atom is 0.490 e. The summed E-state index contributed by atoms with van der Waals surface area (Å²) < 4.78 is 63.5. The molecule has 0 unspecified atom stereocenters. The van der Waals surface area contributed by atoms with Crippen LogP contribution >= 0.6 is 0 Å². The van der Waals surface area contributed by atoms with Crippen molar-refractivity contribution in [1.29, 1.82) is 0 Å². The number of carboxylic acids is 2. The average Bonchev–Trinajstić information content (AvgIpc) is 3.27. The van der Waals surface area contributed by atoms with Crippen LogP contribution < -0.4 is 11.1 Å². The van der Waals surface area contributed by atoms with Crippen LogP contribution in [0, 0.1) is 11.8 Å². The lowest BCUT2D eigenvalue weighted by atomic mass is 10.2. The second-order valence-corrected chi connectivity index (χ2v) is 7.18. The molecule has 2 amide bonds. The number of likely N-dealkylation sites (tertiary alicyclic amines) is 1. The molecule has 16 heteroatoms. The third-order valence-corrected chi connectivity index (χ3v) is 4.11. The zero-order valence-corrected chi connectivity index (χ0v) is 19.5. The van der Waals surface area contributed by atoms with E-state index in [1.54, 1.807) is 11.9 Å². The monoisotopic (exact) mass is 536 g/mol. The molecule has 0 atom stereocenters. The van der Waals surface area contributed by atoms with Gasteiger partial charge in [0, 0.05) is 33.0 Å². The van der Waals surface area contributed by atoms with Crippen LogP contribution in [0.2, 0.25) is 0 Å². The first-order valence-electron chi connectivity index (χ1n) is 10.5. The highest BCUT2D eigenvalue weighted by Gasteiger charge is 2.38. The van der Waals surface area contributed by atoms with Gasteiger partial charge in [0.05, 0.1) is 13.1 Å². The Morgan fingerprint density at radius 2 is 1.42 bits per heavy atom. The summed E-state index contributed by atoms with van der Waals surface area (Å²) >= 11 is 0. The Balaban J connectivity index is 0. The maximum atomic E-state index is 11.9. The molecular formula is C20H30F6N4O6. The Labute approximate surface area is 203 Å². The Morgan fingerprint density at radius 3 is 1.83 bits per heavy atom. The lowest BCUT2D eigenvalue weighted by molar-refractivity contribution is -0.193. The van der Waals surface area contributed by atoms with Gasteiger partial charge in [0.1, 0.15) is 0 Å². The van der Waals surface area contributed by atoms with Crippen LogP contribution in [0.15, 0.2) is 0 Å². The van der Waals surface area contributed by atoms with Crippen molar-refractivity contribution >= 4 is 23.8 Å². The summed E-state index contributed by atoms with van der Waals surface area (Å²) in [6.45, 7) is 4.41. The average molecular weight is 536 g/mol. The van der Waals surface area contributed by atoms with E-state index in [9.17, 15) is 35.9 Å². The van der Waals surface area contributed by atoms with Gasteiger partial charge in [0.25, 0.3) is 0 Å². The Morgan fingerprint density at radius 1 is 0.944 bits per heavy atom. The molecule has 1 saturated heterocycles. The number of hydrogen-bond donors (Lipinski definition) is 4. The number of carbonyl (C=O) groups is 4. The summed E-state index contributed by atoms with van der Waals surface area (Å²) in [6, 6.07) is 0. The van der Waals surface area contributed by atoms with Crippen molar-refractivity contribution in [1.82, 2.24) is 15.1 Å². The normalized spacial score (nSPS) is 13.1. The van der Waals surface area contributed by atoms with Gasteiger partial charge in [-0.05, 0) is 32.4 Å². The van der Waals surface area contributed by atoms with Gasteiger partial charge in [0.15, 0.2) is 0 Å². The van der Waals surface area contributed by atoms with E-state index < -0.39 is 24.3 Å². The number of nitrogens with one attached hydrogen (secondary N) is 1. The van der Waals surface area contributed by atoms with Gasteiger partial charge in [-0.1, -0.05) is 11.8 Å². The molecule has 1 fully saturated rings. The molecule has 0 saturated carbocycles. The predicted octanol–water partition coefficient (Wildman–Crippen LogP) is 1.06. The van der Waals surface area contributed by atoms with Crippen LogP contribution in [0.25, 0.3) is 0 Å². The Kier molecular flexibility index (Phi) is 17.8. The van der Waals surface area contributed by atoms with Crippen molar-refractivity contribution in [2.45, 2.75) is 44.5 Å². The van der Waals surface area contributed by atoms with E-state index in [4.69, 9.17) is 25.5 Å². The summed E-state index contributed by atoms with van der Waals surface area (Å²) in [4.78, 5) is 44.8. The van der Waals surface area contributed by atoms with E-state index in [1.165, 1.54) is 12.8 Å². The summed E-state index contributed by atoms with van der Waals surface area (Å²) in [5.41, 5.74) is 5.28. The number of carboxylic acid groups (broad SMARTS) is 2. The van der Waals surface area contributed by atoms with Crippen molar-refractivity contribution in [2.24, 2.45) is 5.73 Å². The van der Waals surface area contributed by atoms with Gasteiger partial charge in [0.2, 0.25) is 11.8 Å². The minimum absolute atomic E-state index is 0.0588. The lowest BCUT2D eigenvalue weighted by Gasteiger charge is -2.14. The summed E-state index contributed by atoms with van der Waals surface area (Å²) in [7, 11) is 1.76. The highest BCUT2D eigenvalue weighted by atomic mass is 19.4. The second-order valence-electron chi connectivity index (χ2n) is 7.18. The van der Waals surface area contributed by atoms with Gasteiger partial charge in [-0.3, -0.25) is 14.5 Å². The molecule has 0 aromatic rings. The zero-order chi connectivity index (χ0) is 28.4. The number of carbonyl (C=O) groups excluding carboxylic acids is 2. The molecule has 0 bridgehead atoms. The number of halogens is 6. The minimum Gasteiger partial charge on any atom is -0.475 e. The van der Waals surface area contributed by atoms with Crippen LogP contribution in [-0.2, 0) is 19.2 Å². The summed E-state index contributed by atoms with van der Waals surface area (Å²) in [6.07, 6.45) is -6.24. The molecule has 0 spiro atoms. The van der Waals surface area contributed by atoms with Crippen LogP contribution in [0.5, 0.6) is 0 Å². The van der Waals surface area contributed by atoms with E-state index in [1.807, 2.05) is 0 Å². The number of nitrogens with two attached hydrogens (primary N) is 1. The minimum atomic E-state index is -5.08. The number of amides is 2. The molecule has 5 N–H and O–H groups in total. The fourth-order valence-corrected chi connectivity index (χ4v) is 2.25. The van der Waals surface area contributed by atoms with Crippen LogP contribution in [-0.4, -0.2) is 102 Å². The molecule has 0 aromatic carbocycles. The molecule has 208 valence electrons. The van der Waals surface area contributed by atoms with Gasteiger partial charge >= 0.3 is 24.3 Å². The molecule has 1 heterocycles. The zero-order valence-electron chi connectivity index (χ0n) is 19.5. The first-order chi connectivity index (χ1) is 16.5. The maximum absolute atomic E-state index is 11.9. The summed E-state index contributed by atoms with van der Waals surface area (Å²) in [5.74, 6) is 0.656. The quantitative estimate of drug-likeness (QED) is 0.204. The van der Waals surface area contributed by atoms with E-state index in [0.717, 1.165) is 19.6 Å². The number of alkyl halides is 6. The molecule has 1 rings (SSSR count). The van der Waals surface area contributed by atoms with Crippen molar-refractivity contribution in [3.63, 3.8) is 0 Å². The topological polar surface area (TPSA) is 153 Å². The van der Waals surface area contributed by atoms with Gasteiger partial charge in [-0.15, -0.1) is 0 Å². The largest absolute Gasteiger partial charge is 0.490 e.